The minimum atomic E-state index is 0.264. The zero-order valence-electron chi connectivity index (χ0n) is 34.9. The van der Waals surface area contributed by atoms with E-state index in [0.29, 0.717) is 48.3 Å². The van der Waals surface area contributed by atoms with Gasteiger partial charge < -0.3 is 63.8 Å². The number of thiol groups is 9. The Morgan fingerprint density at radius 2 is 0.544 bits per heavy atom. The van der Waals surface area contributed by atoms with E-state index in [9.17, 15) is 0 Å². The smallest absolute Gasteiger partial charge is 0.0281 e. The maximum atomic E-state index is 4.63. The molecule has 0 heterocycles. The molecule has 0 aromatic heterocycles. The zero-order chi connectivity index (χ0) is 42.4. The number of nitrogens with one attached hydrogen (secondary N) is 12. The van der Waals surface area contributed by atoms with Gasteiger partial charge in [0.25, 0.3) is 0 Å². The molecule has 0 aliphatic carbocycles. The highest BCUT2D eigenvalue weighted by molar-refractivity contribution is 7.81. The van der Waals surface area contributed by atoms with Crippen LogP contribution in [0.25, 0.3) is 0 Å². The van der Waals surface area contributed by atoms with E-state index in [2.05, 4.69) is 177 Å². The Balaban J connectivity index is 4.19. The summed E-state index contributed by atoms with van der Waals surface area (Å²) in [4.78, 5) is 0. The second-order valence-corrected chi connectivity index (χ2v) is 17.9. The molecule has 0 aromatic carbocycles. The Bertz CT molecular complexity index is 839. The van der Waals surface area contributed by atoms with Crippen LogP contribution in [0.2, 0.25) is 0 Å². The Morgan fingerprint density at radius 1 is 0.281 bits per heavy atom. The van der Waals surface area contributed by atoms with Crippen molar-refractivity contribution in [2.75, 3.05) is 151 Å². The maximum absolute atomic E-state index is 4.63. The van der Waals surface area contributed by atoms with Gasteiger partial charge in [0.05, 0.1) is 0 Å². The van der Waals surface area contributed by atoms with E-state index in [1.807, 2.05) is 14.1 Å². The highest BCUT2D eigenvalue weighted by Gasteiger charge is 2.16. The lowest BCUT2D eigenvalue weighted by Crippen LogP contribution is -2.51. The van der Waals surface area contributed by atoms with E-state index in [0.717, 1.165) is 156 Å². The highest BCUT2D eigenvalue weighted by Crippen LogP contribution is 1.98. The Labute approximate surface area is 399 Å². The van der Waals surface area contributed by atoms with Crippen molar-refractivity contribution in [3.8, 4) is 0 Å². The van der Waals surface area contributed by atoms with Gasteiger partial charge in [-0.1, -0.05) is 0 Å². The molecule has 0 aliphatic heterocycles. The molecule has 12 nitrogen and oxygen atoms in total. The fraction of sp³-hybridized carbons (Fsp3) is 1.00. The van der Waals surface area contributed by atoms with Crippen LogP contribution in [0.5, 0.6) is 0 Å². The van der Waals surface area contributed by atoms with Gasteiger partial charge in [0.15, 0.2) is 0 Å². The molecule has 344 valence electrons. The van der Waals surface area contributed by atoms with Gasteiger partial charge in [-0.2, -0.15) is 114 Å². The lowest BCUT2D eigenvalue weighted by atomic mass is 10.2. The number of likely N-dealkylation sites (N-methyl/N-ethyl adjacent to an activating group) is 2. The van der Waals surface area contributed by atoms with E-state index >= 15 is 0 Å². The molecule has 9 atom stereocenters. The highest BCUT2D eigenvalue weighted by atomic mass is 32.1. The molecule has 21 heteroatoms. The van der Waals surface area contributed by atoms with E-state index in [-0.39, 0.29) is 6.04 Å². The Kier molecular flexibility index (Phi) is 46.0. The molecule has 0 saturated carbocycles. The van der Waals surface area contributed by atoms with Crippen LogP contribution >= 0.6 is 114 Å². The normalized spacial score (nSPS) is 16.9. The van der Waals surface area contributed by atoms with E-state index in [4.69, 9.17) is 0 Å². The molecular weight excluding hydrogens is 889 g/mol. The molecule has 0 spiro atoms. The number of unbranched alkanes of at least 4 members (excludes halogenated alkanes) is 1. The summed E-state index contributed by atoms with van der Waals surface area (Å²) in [5, 5.41) is 42.8. The summed E-state index contributed by atoms with van der Waals surface area (Å²) in [5.41, 5.74) is 0. The maximum Gasteiger partial charge on any atom is 0.0281 e. The van der Waals surface area contributed by atoms with Crippen molar-refractivity contribution in [2.45, 2.75) is 73.6 Å². The summed E-state index contributed by atoms with van der Waals surface area (Å²) in [6, 6.07) is 2.78. The summed E-state index contributed by atoms with van der Waals surface area (Å²) in [6.45, 7) is 11.7. The molecule has 0 fully saturated rings. The molecule has 0 amide bonds. The molecule has 0 radical (unpaired) electrons. The first-order valence-electron chi connectivity index (χ1n) is 20.9. The summed E-state index contributed by atoms with van der Waals surface area (Å²) in [7, 11) is 3.94. The minimum absolute atomic E-state index is 0.264. The van der Waals surface area contributed by atoms with Crippen LogP contribution in [-0.4, -0.2) is 205 Å². The van der Waals surface area contributed by atoms with Crippen LogP contribution in [0, 0.1) is 0 Å². The van der Waals surface area contributed by atoms with E-state index < -0.39 is 0 Å². The van der Waals surface area contributed by atoms with Gasteiger partial charge in [0.2, 0.25) is 0 Å². The van der Waals surface area contributed by atoms with Gasteiger partial charge in [0.1, 0.15) is 0 Å². The molecule has 0 aliphatic rings. The van der Waals surface area contributed by atoms with Gasteiger partial charge in [-0.3, -0.25) is 0 Å². The van der Waals surface area contributed by atoms with Gasteiger partial charge in [0, 0.05) is 165 Å². The topological polar surface area (TPSA) is 144 Å². The SMILES string of the molecule is CNC[C@@H](CS)NC[C@@H](CS)NC[C@@H](CS)NCCCCNC[C@@H](CS)NC[C@@H](CS)NC[C@@H](CS)NCCCNC[C@@H](CS)NC[C@@H](CS)NC[C@@H](CS)NC. The first kappa shape index (κ1) is 59.7. The lowest BCUT2D eigenvalue weighted by molar-refractivity contribution is 0.418. The van der Waals surface area contributed by atoms with Crippen LogP contribution in [-0.2, 0) is 0 Å². The summed E-state index contributed by atoms with van der Waals surface area (Å²) in [6.07, 6.45) is 3.28. The van der Waals surface area contributed by atoms with Crippen LogP contribution in [0.4, 0.5) is 0 Å². The zero-order valence-corrected chi connectivity index (χ0v) is 42.9. The van der Waals surface area contributed by atoms with Crippen molar-refractivity contribution >= 4 is 114 Å². The third-order valence-electron chi connectivity index (χ3n) is 9.72. The standard InChI is InChI=1S/C36H86N12S9/c1-37-10-29(20-50)44-16-35(26-56)47-14-32(23-53)41-8-4-3-6-39-11-30(21-51)46-18-36(27-57)48-15-33(24-54)42-9-5-7-40-12-31(22-52)45-17-34(25-55)43-13-28(19-49)38-2/h28-57H,3-27H2,1-2H3/t28-,29-,30-,31-,32-,33-,34-,35-,36-/m0/s1. The fourth-order valence-electron chi connectivity index (χ4n) is 5.72. The third-order valence-corrected chi connectivity index (χ3v) is 13.7. The van der Waals surface area contributed by atoms with Crippen molar-refractivity contribution < 1.29 is 0 Å². The third kappa shape index (κ3) is 33.8. The van der Waals surface area contributed by atoms with E-state index in [1.165, 1.54) is 0 Å². The molecular formula is C36H86N12S9. The molecule has 0 unspecified atom stereocenters. The average molecular weight is 976 g/mol. The van der Waals surface area contributed by atoms with Gasteiger partial charge in [-0.15, -0.1) is 0 Å². The predicted molar refractivity (Wildman–Crippen MR) is 285 cm³/mol. The van der Waals surface area contributed by atoms with Gasteiger partial charge in [-0.25, -0.2) is 0 Å². The molecule has 0 saturated heterocycles. The number of hydrogen-bond acceptors (Lipinski definition) is 21. The molecule has 0 rings (SSSR count). The number of hydrogen-bond donors (Lipinski definition) is 21. The Morgan fingerprint density at radius 3 is 0.877 bits per heavy atom. The second kappa shape index (κ2) is 43.9. The Hall–Kier alpha value is 2.67. The second-order valence-electron chi connectivity index (χ2n) is 14.6. The van der Waals surface area contributed by atoms with Crippen LogP contribution in [0.1, 0.15) is 19.3 Å². The molecule has 12 N–H and O–H groups in total. The van der Waals surface area contributed by atoms with Crippen molar-refractivity contribution in [2.24, 2.45) is 0 Å². The van der Waals surface area contributed by atoms with Crippen molar-refractivity contribution in [3.63, 3.8) is 0 Å². The summed E-state index contributed by atoms with van der Waals surface area (Å²) >= 11 is 40.9. The van der Waals surface area contributed by atoms with Gasteiger partial charge >= 0.3 is 0 Å². The average Bonchev–Trinajstić information content (AvgIpc) is 3.24. The quantitative estimate of drug-likeness (QED) is 0.0274. The molecule has 0 bridgehead atoms. The van der Waals surface area contributed by atoms with Gasteiger partial charge in [-0.05, 0) is 59.5 Å². The lowest BCUT2D eigenvalue weighted by Gasteiger charge is -2.25. The first-order valence-corrected chi connectivity index (χ1v) is 26.6. The molecule has 0 aromatic rings. The first-order chi connectivity index (χ1) is 27.8. The fourth-order valence-corrected chi connectivity index (χ4v) is 8.10. The predicted octanol–water partition coefficient (Wildman–Crippen LogP) is -0.823. The van der Waals surface area contributed by atoms with Crippen LogP contribution < -0.4 is 63.8 Å². The largest absolute Gasteiger partial charge is 0.318 e. The van der Waals surface area contributed by atoms with Crippen molar-refractivity contribution in [3.05, 3.63) is 0 Å². The van der Waals surface area contributed by atoms with Crippen molar-refractivity contribution in [1.82, 2.24) is 63.8 Å². The minimum Gasteiger partial charge on any atom is -0.318 e. The molecule has 57 heavy (non-hydrogen) atoms. The summed E-state index contributed by atoms with van der Waals surface area (Å²) in [5.74, 6) is 7.04. The number of rotatable bonds is 45. The van der Waals surface area contributed by atoms with Crippen LogP contribution in [0.15, 0.2) is 0 Å². The van der Waals surface area contributed by atoms with Crippen molar-refractivity contribution in [1.29, 1.82) is 0 Å². The van der Waals surface area contributed by atoms with Crippen LogP contribution in [0.3, 0.4) is 0 Å². The monoisotopic (exact) mass is 974 g/mol. The van der Waals surface area contributed by atoms with E-state index in [1.54, 1.807) is 0 Å². The summed E-state index contributed by atoms with van der Waals surface area (Å²) < 4.78 is 0.